The number of likely N-dealkylation sites (N-methyl/N-ethyl adjacent to an activating group) is 1. The molecule has 0 saturated heterocycles. The first-order chi connectivity index (χ1) is 17.0. The Morgan fingerprint density at radius 2 is 1.61 bits per heavy atom. The van der Waals surface area contributed by atoms with Gasteiger partial charge in [-0.15, -0.1) is 0 Å². The Morgan fingerprint density at radius 3 is 2.19 bits per heavy atom. The molecule has 1 aliphatic rings. The minimum atomic E-state index is -4.67. The van der Waals surface area contributed by atoms with Crippen LogP contribution in [0.25, 0.3) is 11.1 Å². The molecule has 1 fully saturated rings. The van der Waals surface area contributed by atoms with Crippen molar-refractivity contribution < 1.29 is 22.4 Å². The van der Waals surface area contributed by atoms with Crippen LogP contribution in [-0.2, 0) is 6.18 Å². The van der Waals surface area contributed by atoms with Crippen LogP contribution in [0.15, 0.2) is 66.7 Å². The van der Waals surface area contributed by atoms with Crippen LogP contribution in [0.2, 0.25) is 5.02 Å². The molecule has 1 saturated carbocycles. The summed E-state index contributed by atoms with van der Waals surface area (Å²) >= 11 is 6.05. The van der Waals surface area contributed by atoms with Gasteiger partial charge in [-0.3, -0.25) is 4.79 Å². The Morgan fingerprint density at radius 1 is 0.972 bits per heavy atom. The van der Waals surface area contributed by atoms with Gasteiger partial charge >= 0.3 is 6.18 Å². The first-order valence-electron chi connectivity index (χ1n) is 11.7. The van der Waals surface area contributed by atoms with E-state index in [0.717, 1.165) is 37.3 Å². The van der Waals surface area contributed by atoms with Crippen molar-refractivity contribution in [3.63, 3.8) is 0 Å². The highest BCUT2D eigenvalue weighted by Gasteiger charge is 2.45. The highest BCUT2D eigenvalue weighted by Crippen LogP contribution is 2.44. The SMILES string of the molecule is CN(C)C1([C@@H](NC(=O)c2cccc(C(F)(F)F)c2Cl)c2ccc(-c3ccccc3F)cc2)CCCC1. The maximum Gasteiger partial charge on any atom is 0.417 e. The summed E-state index contributed by atoms with van der Waals surface area (Å²) in [6.07, 6.45) is -1.15. The first kappa shape index (κ1) is 26.2. The Kier molecular flexibility index (Phi) is 7.43. The van der Waals surface area contributed by atoms with Crippen LogP contribution in [0.5, 0.6) is 0 Å². The predicted molar refractivity (Wildman–Crippen MR) is 133 cm³/mol. The number of nitrogens with one attached hydrogen (secondary N) is 1. The Labute approximate surface area is 213 Å². The van der Waals surface area contributed by atoms with E-state index < -0.39 is 34.3 Å². The summed E-state index contributed by atoms with van der Waals surface area (Å²) in [5, 5.41) is 2.37. The van der Waals surface area contributed by atoms with Crippen LogP contribution in [-0.4, -0.2) is 30.4 Å². The molecule has 1 amide bonds. The van der Waals surface area contributed by atoms with E-state index in [4.69, 9.17) is 11.6 Å². The smallest absolute Gasteiger partial charge is 0.343 e. The summed E-state index contributed by atoms with van der Waals surface area (Å²) in [6.45, 7) is 0. The molecule has 4 rings (SSSR count). The number of alkyl halides is 3. The van der Waals surface area contributed by atoms with E-state index in [-0.39, 0.29) is 11.4 Å². The average Bonchev–Trinajstić information content (AvgIpc) is 3.34. The van der Waals surface area contributed by atoms with Gasteiger partial charge in [0.1, 0.15) is 5.82 Å². The van der Waals surface area contributed by atoms with Crippen molar-refractivity contribution in [2.75, 3.05) is 14.1 Å². The molecule has 36 heavy (non-hydrogen) atoms. The number of halogens is 5. The van der Waals surface area contributed by atoms with Gasteiger partial charge < -0.3 is 10.2 Å². The van der Waals surface area contributed by atoms with Gasteiger partial charge in [0, 0.05) is 11.1 Å². The second-order valence-corrected chi connectivity index (χ2v) is 9.76. The van der Waals surface area contributed by atoms with Crippen LogP contribution < -0.4 is 5.32 Å². The summed E-state index contributed by atoms with van der Waals surface area (Å²) in [5.41, 5.74) is 0.208. The van der Waals surface area contributed by atoms with Gasteiger partial charge in [-0.25, -0.2) is 4.39 Å². The average molecular weight is 519 g/mol. The van der Waals surface area contributed by atoms with Gasteiger partial charge in [-0.1, -0.05) is 73.0 Å². The van der Waals surface area contributed by atoms with Crippen LogP contribution >= 0.6 is 11.6 Å². The third-order valence-corrected chi connectivity index (χ3v) is 7.56. The van der Waals surface area contributed by atoms with Crippen LogP contribution in [0, 0.1) is 5.82 Å². The molecule has 1 aliphatic carbocycles. The van der Waals surface area contributed by atoms with Crippen molar-refractivity contribution in [1.82, 2.24) is 10.2 Å². The molecule has 0 heterocycles. The van der Waals surface area contributed by atoms with Crippen molar-refractivity contribution in [3.05, 3.63) is 94.3 Å². The number of benzene rings is 3. The van der Waals surface area contributed by atoms with E-state index in [1.165, 1.54) is 18.2 Å². The molecule has 1 N–H and O–H groups in total. The number of hydrogen-bond acceptors (Lipinski definition) is 2. The molecule has 0 aliphatic heterocycles. The highest BCUT2D eigenvalue weighted by molar-refractivity contribution is 6.34. The number of nitrogens with zero attached hydrogens (tertiary/aromatic N) is 1. The quantitative estimate of drug-likeness (QED) is 0.342. The molecule has 190 valence electrons. The van der Waals surface area contributed by atoms with Gasteiger partial charge in [-0.05, 0) is 56.3 Å². The van der Waals surface area contributed by atoms with Crippen molar-refractivity contribution in [2.45, 2.75) is 43.4 Å². The molecule has 0 aromatic heterocycles. The lowest BCUT2D eigenvalue weighted by Crippen LogP contribution is -2.53. The second-order valence-electron chi connectivity index (χ2n) is 9.38. The molecule has 3 nitrogen and oxygen atoms in total. The van der Waals surface area contributed by atoms with Gasteiger partial charge in [-0.2, -0.15) is 13.2 Å². The van der Waals surface area contributed by atoms with Crippen molar-refractivity contribution in [1.29, 1.82) is 0 Å². The largest absolute Gasteiger partial charge is 0.417 e. The number of carbonyl (C=O) groups is 1. The van der Waals surface area contributed by atoms with Crippen LogP contribution in [0.4, 0.5) is 17.6 Å². The van der Waals surface area contributed by atoms with Gasteiger partial charge in [0.2, 0.25) is 0 Å². The third kappa shape index (κ3) is 5.00. The standard InChI is InChI=1S/C28H27ClF4N2O/c1-35(2)27(16-5-6-17-27)25(19-14-12-18(13-15-19)20-8-3-4-11-23(20)30)34-26(36)21-9-7-10-22(24(21)29)28(31,32)33/h3-4,7-15,25H,5-6,16-17H2,1-2H3,(H,34,36)/t25-/m0/s1. The molecule has 3 aromatic rings. The molecular formula is C28H27ClF4N2O. The fourth-order valence-electron chi connectivity index (χ4n) is 5.19. The normalized spacial score (nSPS) is 16.2. The second kappa shape index (κ2) is 10.2. The summed E-state index contributed by atoms with van der Waals surface area (Å²) in [6, 6.07) is 16.5. The van der Waals surface area contributed by atoms with Crippen molar-refractivity contribution in [2.24, 2.45) is 0 Å². The van der Waals surface area contributed by atoms with E-state index in [1.54, 1.807) is 30.3 Å². The summed E-state index contributed by atoms with van der Waals surface area (Å²) in [5.74, 6) is -1.02. The zero-order valence-electron chi connectivity index (χ0n) is 20.0. The molecule has 8 heteroatoms. The zero-order chi connectivity index (χ0) is 26.1. The van der Waals surface area contributed by atoms with E-state index in [2.05, 4.69) is 10.2 Å². The monoisotopic (exact) mass is 518 g/mol. The Bertz CT molecular complexity index is 1240. The minimum absolute atomic E-state index is 0.230. The zero-order valence-corrected chi connectivity index (χ0v) is 20.8. The molecule has 0 bridgehead atoms. The maximum atomic E-state index is 14.3. The van der Waals surface area contributed by atoms with Crippen molar-refractivity contribution in [3.8, 4) is 11.1 Å². The lowest BCUT2D eigenvalue weighted by Gasteiger charge is -2.44. The topological polar surface area (TPSA) is 32.3 Å². The maximum absolute atomic E-state index is 14.3. The van der Waals surface area contributed by atoms with Gasteiger partial charge in [0.25, 0.3) is 5.91 Å². The summed E-state index contributed by atoms with van der Waals surface area (Å²) < 4.78 is 54.5. The fourth-order valence-corrected chi connectivity index (χ4v) is 5.51. The lowest BCUT2D eigenvalue weighted by molar-refractivity contribution is -0.137. The first-order valence-corrected chi connectivity index (χ1v) is 12.1. The van der Waals surface area contributed by atoms with Gasteiger partial charge in [0.15, 0.2) is 0 Å². The predicted octanol–water partition coefficient (Wildman–Crippen LogP) is 7.51. The molecule has 3 aromatic carbocycles. The van der Waals surface area contributed by atoms with Crippen LogP contribution in [0.1, 0.15) is 53.2 Å². The minimum Gasteiger partial charge on any atom is -0.343 e. The van der Waals surface area contributed by atoms with Crippen LogP contribution in [0.3, 0.4) is 0 Å². The molecule has 0 radical (unpaired) electrons. The van der Waals surface area contributed by atoms with E-state index in [0.29, 0.717) is 11.1 Å². The number of rotatable bonds is 6. The molecule has 0 unspecified atom stereocenters. The lowest BCUT2D eigenvalue weighted by atomic mass is 9.81. The number of carbonyl (C=O) groups excluding carboxylic acids is 1. The van der Waals surface area contributed by atoms with E-state index >= 15 is 0 Å². The van der Waals surface area contributed by atoms with E-state index in [1.807, 2.05) is 26.2 Å². The molecule has 1 atom stereocenters. The van der Waals surface area contributed by atoms with E-state index in [9.17, 15) is 22.4 Å². The fraction of sp³-hybridized carbons (Fsp3) is 0.321. The Hall–Kier alpha value is -2.90. The molecular weight excluding hydrogens is 492 g/mol. The molecule has 0 spiro atoms. The van der Waals surface area contributed by atoms with Crippen molar-refractivity contribution >= 4 is 17.5 Å². The summed E-state index contributed by atoms with van der Waals surface area (Å²) in [7, 11) is 3.88. The Balaban J connectivity index is 1.73. The third-order valence-electron chi connectivity index (χ3n) is 7.15. The van der Waals surface area contributed by atoms with Gasteiger partial charge in [0.05, 0.1) is 22.2 Å². The summed E-state index contributed by atoms with van der Waals surface area (Å²) in [4.78, 5) is 15.4. The number of amides is 1. The number of hydrogen-bond donors (Lipinski definition) is 1. The highest BCUT2D eigenvalue weighted by atomic mass is 35.5.